The van der Waals surface area contributed by atoms with Crippen LogP contribution >= 0.6 is 0 Å². The van der Waals surface area contributed by atoms with Crippen molar-refractivity contribution in [3.63, 3.8) is 0 Å². The van der Waals surface area contributed by atoms with Crippen LogP contribution < -0.4 is 5.73 Å². The van der Waals surface area contributed by atoms with E-state index in [4.69, 9.17) is 5.73 Å². The Morgan fingerprint density at radius 1 is 1.53 bits per heavy atom. The van der Waals surface area contributed by atoms with E-state index in [2.05, 4.69) is 25.1 Å². The third-order valence-electron chi connectivity index (χ3n) is 2.80. The number of nitrogens with zero attached hydrogens (tertiary/aromatic N) is 1. The molecular weight excluding hydrogens is 188 g/mol. The molecule has 0 saturated carbocycles. The monoisotopic (exact) mass is 204 g/mol. The predicted octanol–water partition coefficient (Wildman–Crippen LogP) is 0.707. The van der Waals surface area contributed by atoms with Gasteiger partial charge < -0.3 is 10.6 Å². The van der Waals surface area contributed by atoms with Gasteiger partial charge in [0.15, 0.2) is 0 Å². The van der Waals surface area contributed by atoms with Gasteiger partial charge in [-0.3, -0.25) is 4.79 Å². The lowest BCUT2D eigenvalue weighted by atomic mass is 10.1. The molecule has 1 aliphatic heterocycles. The fourth-order valence-corrected chi connectivity index (χ4v) is 1.86. The van der Waals surface area contributed by atoms with Crippen molar-refractivity contribution < 1.29 is 4.79 Å². The zero-order chi connectivity index (χ0) is 10.8. The van der Waals surface area contributed by atoms with Gasteiger partial charge >= 0.3 is 0 Å². The first-order valence-corrected chi connectivity index (χ1v) is 5.27. The number of hydrogen-bond acceptors (Lipinski definition) is 2. The standard InChI is InChI=1S/C12H16N2O/c1-9-3-2-4-10(7-9)5-6-14-8-11(13)12(14)15/h2-4,7,11H,5-6,8,13H2,1H3. The number of benzene rings is 1. The second kappa shape index (κ2) is 4.03. The minimum Gasteiger partial charge on any atom is -0.339 e. The Labute approximate surface area is 89.9 Å². The Morgan fingerprint density at radius 2 is 2.33 bits per heavy atom. The van der Waals surface area contributed by atoms with Crippen molar-refractivity contribution in [2.45, 2.75) is 19.4 Å². The highest BCUT2D eigenvalue weighted by atomic mass is 16.2. The van der Waals surface area contributed by atoms with Gasteiger partial charge in [0.25, 0.3) is 0 Å². The van der Waals surface area contributed by atoms with E-state index in [9.17, 15) is 4.79 Å². The van der Waals surface area contributed by atoms with Gasteiger partial charge in [-0.05, 0) is 18.9 Å². The van der Waals surface area contributed by atoms with E-state index in [1.807, 2.05) is 11.0 Å². The van der Waals surface area contributed by atoms with Crippen LogP contribution in [0.3, 0.4) is 0 Å². The molecule has 1 aromatic carbocycles. The van der Waals surface area contributed by atoms with Crippen LogP contribution in [0.2, 0.25) is 0 Å². The molecule has 3 heteroatoms. The largest absolute Gasteiger partial charge is 0.339 e. The third-order valence-corrected chi connectivity index (χ3v) is 2.80. The summed E-state index contributed by atoms with van der Waals surface area (Å²) in [6, 6.07) is 8.13. The van der Waals surface area contributed by atoms with Crippen LogP contribution in [0.15, 0.2) is 24.3 Å². The molecule has 1 saturated heterocycles. The highest BCUT2D eigenvalue weighted by Gasteiger charge is 2.32. The molecule has 0 spiro atoms. The van der Waals surface area contributed by atoms with Crippen LogP contribution in [0.4, 0.5) is 0 Å². The van der Waals surface area contributed by atoms with E-state index >= 15 is 0 Å². The highest BCUT2D eigenvalue weighted by molar-refractivity contribution is 5.87. The number of hydrogen-bond donors (Lipinski definition) is 1. The van der Waals surface area contributed by atoms with Crippen molar-refractivity contribution in [1.29, 1.82) is 0 Å². The summed E-state index contributed by atoms with van der Waals surface area (Å²) in [5.74, 6) is 0.0858. The number of rotatable bonds is 3. The summed E-state index contributed by atoms with van der Waals surface area (Å²) in [6.07, 6.45) is 0.917. The van der Waals surface area contributed by atoms with Gasteiger partial charge in [-0.15, -0.1) is 0 Å². The SMILES string of the molecule is Cc1cccc(CCN2CC(N)C2=O)c1. The summed E-state index contributed by atoms with van der Waals surface area (Å²) in [4.78, 5) is 13.1. The molecular formula is C12H16N2O. The van der Waals surface area contributed by atoms with Crippen molar-refractivity contribution in [2.75, 3.05) is 13.1 Å². The molecule has 2 rings (SSSR count). The number of carbonyl (C=O) groups is 1. The van der Waals surface area contributed by atoms with Crippen LogP contribution in [0.1, 0.15) is 11.1 Å². The normalized spacial score (nSPS) is 20.3. The zero-order valence-corrected chi connectivity index (χ0v) is 8.94. The minimum atomic E-state index is -0.248. The van der Waals surface area contributed by atoms with Crippen LogP contribution in [-0.4, -0.2) is 29.9 Å². The molecule has 0 radical (unpaired) electrons. The summed E-state index contributed by atoms with van der Waals surface area (Å²) in [5, 5.41) is 0. The molecule has 3 nitrogen and oxygen atoms in total. The first-order valence-electron chi connectivity index (χ1n) is 5.27. The second-order valence-corrected chi connectivity index (χ2v) is 4.13. The lowest BCUT2D eigenvalue weighted by Crippen LogP contribution is -2.61. The molecule has 1 aliphatic rings. The minimum absolute atomic E-state index is 0.0858. The van der Waals surface area contributed by atoms with Crippen LogP contribution in [0, 0.1) is 6.92 Å². The van der Waals surface area contributed by atoms with Gasteiger partial charge in [-0.2, -0.15) is 0 Å². The molecule has 80 valence electrons. The molecule has 1 fully saturated rings. The Hall–Kier alpha value is -1.35. The van der Waals surface area contributed by atoms with Crippen molar-refractivity contribution in [1.82, 2.24) is 4.90 Å². The lowest BCUT2D eigenvalue weighted by molar-refractivity contribution is -0.142. The fraction of sp³-hybridized carbons (Fsp3) is 0.417. The van der Waals surface area contributed by atoms with Gasteiger partial charge in [0.05, 0.1) is 0 Å². The second-order valence-electron chi connectivity index (χ2n) is 4.13. The Balaban J connectivity index is 1.86. The fourth-order valence-electron chi connectivity index (χ4n) is 1.86. The van der Waals surface area contributed by atoms with Gasteiger partial charge in [-0.25, -0.2) is 0 Å². The maximum Gasteiger partial charge on any atom is 0.241 e. The number of amides is 1. The van der Waals surface area contributed by atoms with Gasteiger partial charge in [0, 0.05) is 13.1 Å². The van der Waals surface area contributed by atoms with Crippen molar-refractivity contribution in [3.05, 3.63) is 35.4 Å². The zero-order valence-electron chi connectivity index (χ0n) is 8.94. The number of aryl methyl sites for hydroxylation is 1. The summed E-state index contributed by atoms with van der Waals surface area (Å²) >= 11 is 0. The lowest BCUT2D eigenvalue weighted by Gasteiger charge is -2.36. The molecule has 1 heterocycles. The molecule has 0 bridgehead atoms. The highest BCUT2D eigenvalue weighted by Crippen LogP contribution is 2.10. The topological polar surface area (TPSA) is 46.3 Å². The molecule has 0 aromatic heterocycles. The van der Waals surface area contributed by atoms with E-state index in [-0.39, 0.29) is 11.9 Å². The van der Waals surface area contributed by atoms with E-state index in [0.29, 0.717) is 6.54 Å². The molecule has 2 N–H and O–H groups in total. The van der Waals surface area contributed by atoms with Crippen molar-refractivity contribution >= 4 is 5.91 Å². The molecule has 1 amide bonds. The Bertz CT molecular complexity index is 376. The average molecular weight is 204 g/mol. The molecule has 1 unspecified atom stereocenters. The van der Waals surface area contributed by atoms with Crippen molar-refractivity contribution in [2.24, 2.45) is 5.73 Å². The average Bonchev–Trinajstić information content (AvgIpc) is 2.23. The van der Waals surface area contributed by atoms with Gasteiger partial charge in [0.2, 0.25) is 5.91 Å². The maximum absolute atomic E-state index is 11.3. The van der Waals surface area contributed by atoms with Crippen LogP contribution in [0.25, 0.3) is 0 Å². The summed E-state index contributed by atoms with van der Waals surface area (Å²) in [6.45, 7) is 3.58. The third kappa shape index (κ3) is 2.18. The predicted molar refractivity (Wildman–Crippen MR) is 59.4 cm³/mol. The summed E-state index contributed by atoms with van der Waals surface area (Å²) in [7, 11) is 0. The molecule has 1 atom stereocenters. The van der Waals surface area contributed by atoms with Crippen LogP contribution in [0.5, 0.6) is 0 Å². The molecule has 0 aliphatic carbocycles. The smallest absolute Gasteiger partial charge is 0.241 e. The van der Waals surface area contributed by atoms with Crippen LogP contribution in [-0.2, 0) is 11.2 Å². The van der Waals surface area contributed by atoms with E-state index in [1.54, 1.807) is 0 Å². The number of β-lactam (4-membered cyclic amide) rings is 1. The van der Waals surface area contributed by atoms with E-state index in [0.717, 1.165) is 13.0 Å². The number of nitrogens with two attached hydrogens (primary N) is 1. The van der Waals surface area contributed by atoms with E-state index < -0.39 is 0 Å². The summed E-state index contributed by atoms with van der Waals surface area (Å²) in [5.41, 5.74) is 8.06. The Morgan fingerprint density at radius 3 is 2.93 bits per heavy atom. The molecule has 15 heavy (non-hydrogen) atoms. The number of carbonyl (C=O) groups excluding carboxylic acids is 1. The first kappa shape index (κ1) is 10.2. The quantitative estimate of drug-likeness (QED) is 0.737. The Kier molecular flexibility index (Phi) is 2.73. The van der Waals surface area contributed by atoms with Gasteiger partial charge in [0.1, 0.15) is 6.04 Å². The maximum atomic E-state index is 11.3. The first-order chi connectivity index (χ1) is 7.16. The number of likely N-dealkylation sites (tertiary alicyclic amines) is 1. The van der Waals surface area contributed by atoms with E-state index in [1.165, 1.54) is 11.1 Å². The van der Waals surface area contributed by atoms with Gasteiger partial charge in [-0.1, -0.05) is 29.8 Å². The molecule has 1 aromatic rings. The van der Waals surface area contributed by atoms with Crippen molar-refractivity contribution in [3.8, 4) is 0 Å². The summed E-state index contributed by atoms with van der Waals surface area (Å²) < 4.78 is 0.